The fraction of sp³-hybridized carbons (Fsp3) is 0.281. The highest BCUT2D eigenvalue weighted by Crippen LogP contribution is 2.19. The van der Waals surface area contributed by atoms with Gasteiger partial charge in [-0.3, -0.25) is 14.4 Å². The number of aromatic nitrogens is 1. The molecule has 0 aliphatic carbocycles. The van der Waals surface area contributed by atoms with Crippen LogP contribution in [0.3, 0.4) is 0 Å². The molecule has 4 aromatic rings. The lowest BCUT2D eigenvalue weighted by atomic mass is 10.0. The van der Waals surface area contributed by atoms with E-state index in [1.807, 2.05) is 98.0 Å². The van der Waals surface area contributed by atoms with Crippen LogP contribution in [-0.2, 0) is 33.6 Å². The minimum Gasteiger partial charge on any atom is -0.361 e. The van der Waals surface area contributed by atoms with Gasteiger partial charge < -0.3 is 26.7 Å². The molecule has 1 heterocycles. The van der Waals surface area contributed by atoms with Gasteiger partial charge in [0.1, 0.15) is 12.1 Å². The first-order chi connectivity index (χ1) is 19.4. The van der Waals surface area contributed by atoms with Gasteiger partial charge in [0.15, 0.2) is 0 Å². The zero-order chi connectivity index (χ0) is 28.3. The van der Waals surface area contributed by atoms with Gasteiger partial charge in [0, 0.05) is 36.5 Å². The minimum atomic E-state index is -0.939. The Morgan fingerprint density at radius 3 is 1.98 bits per heavy atom. The van der Waals surface area contributed by atoms with Crippen molar-refractivity contribution >= 4 is 28.6 Å². The summed E-state index contributed by atoms with van der Waals surface area (Å²) in [7, 11) is 0. The van der Waals surface area contributed by atoms with E-state index >= 15 is 0 Å². The predicted octanol–water partition coefficient (Wildman–Crippen LogP) is 3.02. The minimum absolute atomic E-state index is 0.230. The standard InChI is InChI=1S/C32H37N5O3/c1-2-17-34-31(39)28(19-23-13-7-4-8-14-23)37-32(40)29(20-24-21-35-27-16-10-9-15-25(24)27)36-30(38)26(33)18-22-11-5-3-6-12-22/h3-16,21,26,28-29,35H,2,17-20,33H2,1H3,(H,34,39)(H,36,38)(H,37,40)/t26-,28-,29+/m0/s1. The quantitative estimate of drug-likeness (QED) is 0.179. The fourth-order valence-electron chi connectivity index (χ4n) is 4.67. The Morgan fingerprint density at radius 2 is 1.30 bits per heavy atom. The van der Waals surface area contributed by atoms with E-state index in [2.05, 4.69) is 20.9 Å². The Labute approximate surface area is 234 Å². The number of rotatable bonds is 13. The summed E-state index contributed by atoms with van der Waals surface area (Å²) >= 11 is 0. The number of aromatic amines is 1. The number of nitrogens with two attached hydrogens (primary N) is 1. The molecule has 208 valence electrons. The topological polar surface area (TPSA) is 129 Å². The van der Waals surface area contributed by atoms with Gasteiger partial charge in [-0.2, -0.15) is 0 Å². The number of fused-ring (bicyclic) bond motifs is 1. The van der Waals surface area contributed by atoms with Crippen LogP contribution in [0.15, 0.2) is 91.1 Å². The molecule has 3 aromatic carbocycles. The Morgan fingerprint density at radius 1 is 0.725 bits per heavy atom. The highest BCUT2D eigenvalue weighted by atomic mass is 16.2. The Kier molecular flexibility index (Phi) is 10.1. The summed E-state index contributed by atoms with van der Waals surface area (Å²) in [5.41, 5.74) is 9.91. The van der Waals surface area contributed by atoms with Crippen LogP contribution in [0.4, 0.5) is 0 Å². The first-order valence-electron chi connectivity index (χ1n) is 13.7. The molecule has 0 aliphatic rings. The summed E-state index contributed by atoms with van der Waals surface area (Å²) in [5.74, 6) is -1.14. The van der Waals surface area contributed by atoms with Gasteiger partial charge in [-0.05, 0) is 35.6 Å². The van der Waals surface area contributed by atoms with Gasteiger partial charge in [0.2, 0.25) is 17.7 Å². The summed E-state index contributed by atoms with van der Waals surface area (Å²) in [5, 5.41) is 9.63. The van der Waals surface area contributed by atoms with Crippen molar-refractivity contribution in [3.8, 4) is 0 Å². The molecule has 40 heavy (non-hydrogen) atoms. The van der Waals surface area contributed by atoms with Crippen molar-refractivity contribution in [2.45, 2.75) is 50.7 Å². The van der Waals surface area contributed by atoms with E-state index in [-0.39, 0.29) is 12.3 Å². The van der Waals surface area contributed by atoms with E-state index in [4.69, 9.17) is 5.73 Å². The molecule has 0 bridgehead atoms. The maximum atomic E-state index is 13.7. The number of amides is 3. The summed E-state index contributed by atoms with van der Waals surface area (Å²) in [4.78, 5) is 43.2. The zero-order valence-electron chi connectivity index (χ0n) is 22.7. The molecule has 0 saturated heterocycles. The molecular formula is C32H37N5O3. The first-order valence-corrected chi connectivity index (χ1v) is 13.7. The number of carbonyl (C=O) groups is 3. The zero-order valence-corrected chi connectivity index (χ0v) is 22.7. The maximum Gasteiger partial charge on any atom is 0.243 e. The summed E-state index contributed by atoms with van der Waals surface area (Å²) < 4.78 is 0. The van der Waals surface area contributed by atoms with Gasteiger partial charge >= 0.3 is 0 Å². The van der Waals surface area contributed by atoms with E-state index in [1.165, 1.54) is 0 Å². The van der Waals surface area contributed by atoms with E-state index in [1.54, 1.807) is 0 Å². The second kappa shape index (κ2) is 14.1. The molecule has 0 aliphatic heterocycles. The van der Waals surface area contributed by atoms with Crippen molar-refractivity contribution < 1.29 is 14.4 Å². The van der Waals surface area contributed by atoms with Gasteiger partial charge in [-0.1, -0.05) is 85.8 Å². The highest BCUT2D eigenvalue weighted by molar-refractivity contribution is 5.94. The average Bonchev–Trinajstić information content (AvgIpc) is 3.38. The molecule has 8 heteroatoms. The average molecular weight is 540 g/mol. The molecule has 8 nitrogen and oxygen atoms in total. The molecule has 6 N–H and O–H groups in total. The summed E-state index contributed by atoms with van der Waals surface area (Å²) in [6.07, 6.45) is 3.51. The second-order valence-corrected chi connectivity index (χ2v) is 9.96. The molecule has 3 amide bonds. The number of carbonyl (C=O) groups excluding carboxylic acids is 3. The van der Waals surface area contributed by atoms with Crippen LogP contribution >= 0.6 is 0 Å². The molecular weight excluding hydrogens is 502 g/mol. The Bertz CT molecular complexity index is 1400. The molecule has 0 unspecified atom stereocenters. The number of H-pyrrole nitrogens is 1. The van der Waals surface area contributed by atoms with E-state index in [0.29, 0.717) is 19.4 Å². The van der Waals surface area contributed by atoms with E-state index in [0.717, 1.165) is 34.0 Å². The lowest BCUT2D eigenvalue weighted by Crippen LogP contribution is -2.57. The first kappa shape index (κ1) is 28.6. The van der Waals surface area contributed by atoms with Crippen LogP contribution < -0.4 is 21.7 Å². The van der Waals surface area contributed by atoms with Gasteiger partial charge in [-0.15, -0.1) is 0 Å². The summed E-state index contributed by atoms with van der Waals surface area (Å²) in [6, 6.07) is 24.2. The molecule has 0 saturated carbocycles. The second-order valence-electron chi connectivity index (χ2n) is 9.96. The van der Waals surface area contributed by atoms with Crippen molar-refractivity contribution in [3.63, 3.8) is 0 Å². The fourth-order valence-corrected chi connectivity index (χ4v) is 4.67. The summed E-state index contributed by atoms with van der Waals surface area (Å²) in [6.45, 7) is 2.47. The van der Waals surface area contributed by atoms with Crippen LogP contribution in [-0.4, -0.2) is 47.4 Å². The van der Waals surface area contributed by atoms with Crippen LogP contribution in [0.5, 0.6) is 0 Å². The van der Waals surface area contributed by atoms with Crippen LogP contribution in [0.25, 0.3) is 10.9 Å². The molecule has 0 radical (unpaired) electrons. The SMILES string of the molecule is CCCNC(=O)[C@H](Cc1ccccc1)NC(=O)[C@@H](Cc1c[nH]c2ccccc12)NC(=O)[C@@H](N)Cc1ccccc1. The lowest BCUT2D eigenvalue weighted by Gasteiger charge is -2.24. The van der Waals surface area contributed by atoms with Crippen LogP contribution in [0.1, 0.15) is 30.0 Å². The van der Waals surface area contributed by atoms with Crippen molar-refractivity contribution in [1.82, 2.24) is 20.9 Å². The van der Waals surface area contributed by atoms with Gasteiger partial charge in [0.05, 0.1) is 6.04 Å². The van der Waals surface area contributed by atoms with Crippen molar-refractivity contribution in [1.29, 1.82) is 0 Å². The van der Waals surface area contributed by atoms with Gasteiger partial charge in [-0.25, -0.2) is 0 Å². The number of benzene rings is 3. The molecule has 4 rings (SSSR count). The molecule has 0 fully saturated rings. The Hall–Kier alpha value is -4.43. The number of para-hydroxylation sites is 1. The smallest absolute Gasteiger partial charge is 0.243 e. The van der Waals surface area contributed by atoms with Crippen molar-refractivity contribution in [2.24, 2.45) is 5.73 Å². The Balaban J connectivity index is 1.55. The third-order valence-corrected chi connectivity index (χ3v) is 6.83. The predicted molar refractivity (Wildman–Crippen MR) is 157 cm³/mol. The van der Waals surface area contributed by atoms with E-state index < -0.39 is 29.9 Å². The highest BCUT2D eigenvalue weighted by Gasteiger charge is 2.29. The normalized spacial score (nSPS) is 13.2. The number of hydrogen-bond donors (Lipinski definition) is 5. The van der Waals surface area contributed by atoms with E-state index in [9.17, 15) is 14.4 Å². The number of nitrogens with one attached hydrogen (secondary N) is 4. The number of hydrogen-bond acceptors (Lipinski definition) is 4. The molecule has 0 spiro atoms. The molecule has 3 atom stereocenters. The third-order valence-electron chi connectivity index (χ3n) is 6.83. The maximum absolute atomic E-state index is 13.7. The monoisotopic (exact) mass is 539 g/mol. The lowest BCUT2D eigenvalue weighted by molar-refractivity contribution is -0.132. The van der Waals surface area contributed by atoms with Gasteiger partial charge in [0.25, 0.3) is 0 Å². The largest absolute Gasteiger partial charge is 0.361 e. The molecule has 1 aromatic heterocycles. The van der Waals surface area contributed by atoms with Crippen LogP contribution in [0.2, 0.25) is 0 Å². The third kappa shape index (κ3) is 7.80. The van der Waals surface area contributed by atoms with Crippen LogP contribution in [0, 0.1) is 0 Å². The van der Waals surface area contributed by atoms with Crippen molar-refractivity contribution in [2.75, 3.05) is 6.54 Å². The van der Waals surface area contributed by atoms with Crippen molar-refractivity contribution in [3.05, 3.63) is 108 Å².